The van der Waals surface area contributed by atoms with Crippen LogP contribution in [-0.2, 0) is 6.54 Å². The van der Waals surface area contributed by atoms with Crippen LogP contribution >= 0.6 is 0 Å². The molecule has 0 aromatic carbocycles. The highest BCUT2D eigenvalue weighted by molar-refractivity contribution is 5.03. The standard InChI is InChI=1S/C13H21N3O/c1-11-6-15-13(10-17)9-16(7-11)8-12-4-2-3-5-14-12/h2-5,11,13,15,17H,6-10H2,1H3. The average Bonchev–Trinajstić information content (AvgIpc) is 2.52. The zero-order valence-electron chi connectivity index (χ0n) is 10.3. The Hall–Kier alpha value is -0.970. The summed E-state index contributed by atoms with van der Waals surface area (Å²) in [6.45, 7) is 6.22. The largest absolute Gasteiger partial charge is 0.395 e. The molecule has 0 amide bonds. The maximum Gasteiger partial charge on any atom is 0.0597 e. The Morgan fingerprint density at radius 2 is 2.35 bits per heavy atom. The fourth-order valence-corrected chi connectivity index (χ4v) is 2.30. The van der Waals surface area contributed by atoms with Gasteiger partial charge in [-0.25, -0.2) is 0 Å². The minimum Gasteiger partial charge on any atom is -0.395 e. The molecular weight excluding hydrogens is 214 g/mol. The predicted molar refractivity (Wildman–Crippen MR) is 67.6 cm³/mol. The van der Waals surface area contributed by atoms with Gasteiger partial charge in [0.15, 0.2) is 0 Å². The summed E-state index contributed by atoms with van der Waals surface area (Å²) < 4.78 is 0. The number of hydrogen-bond acceptors (Lipinski definition) is 4. The summed E-state index contributed by atoms with van der Waals surface area (Å²) in [5.41, 5.74) is 1.10. The van der Waals surface area contributed by atoms with Gasteiger partial charge in [0.1, 0.15) is 0 Å². The molecule has 0 saturated carbocycles. The predicted octanol–water partition coefficient (Wildman–Crippen LogP) is 0.484. The Kier molecular flexibility index (Phi) is 4.48. The van der Waals surface area contributed by atoms with Crippen LogP contribution in [0.15, 0.2) is 24.4 Å². The molecule has 0 spiro atoms. The Morgan fingerprint density at radius 1 is 1.47 bits per heavy atom. The van der Waals surface area contributed by atoms with Gasteiger partial charge in [-0.2, -0.15) is 0 Å². The van der Waals surface area contributed by atoms with Crippen molar-refractivity contribution in [3.05, 3.63) is 30.1 Å². The first-order valence-electron chi connectivity index (χ1n) is 6.24. The van der Waals surface area contributed by atoms with Crippen molar-refractivity contribution < 1.29 is 5.11 Å². The maximum absolute atomic E-state index is 9.28. The Morgan fingerprint density at radius 3 is 3.06 bits per heavy atom. The summed E-state index contributed by atoms with van der Waals surface area (Å²) in [6, 6.07) is 6.19. The van der Waals surface area contributed by atoms with E-state index < -0.39 is 0 Å². The van der Waals surface area contributed by atoms with Crippen molar-refractivity contribution >= 4 is 0 Å². The molecule has 2 heterocycles. The van der Waals surface area contributed by atoms with Crippen LogP contribution in [-0.4, -0.2) is 47.3 Å². The summed E-state index contributed by atoms with van der Waals surface area (Å²) in [6.07, 6.45) is 1.83. The number of rotatable bonds is 3. The molecule has 0 radical (unpaired) electrons. The van der Waals surface area contributed by atoms with Crippen molar-refractivity contribution in [2.45, 2.75) is 19.5 Å². The molecule has 2 atom stereocenters. The van der Waals surface area contributed by atoms with Crippen LogP contribution in [0, 0.1) is 5.92 Å². The fourth-order valence-electron chi connectivity index (χ4n) is 2.30. The third-order valence-electron chi connectivity index (χ3n) is 3.14. The second-order valence-corrected chi connectivity index (χ2v) is 4.91. The Bertz CT molecular complexity index is 331. The van der Waals surface area contributed by atoms with E-state index in [1.54, 1.807) is 0 Å². The van der Waals surface area contributed by atoms with E-state index in [4.69, 9.17) is 0 Å². The van der Waals surface area contributed by atoms with Gasteiger partial charge < -0.3 is 10.4 Å². The fraction of sp³-hybridized carbons (Fsp3) is 0.615. The molecule has 17 heavy (non-hydrogen) atoms. The third-order valence-corrected chi connectivity index (χ3v) is 3.14. The summed E-state index contributed by atoms with van der Waals surface area (Å²) >= 11 is 0. The van der Waals surface area contributed by atoms with E-state index in [2.05, 4.69) is 28.2 Å². The molecule has 1 aliphatic heterocycles. The molecule has 2 rings (SSSR count). The van der Waals surface area contributed by atoms with E-state index in [-0.39, 0.29) is 12.6 Å². The van der Waals surface area contributed by atoms with Crippen LogP contribution in [0.25, 0.3) is 0 Å². The second kappa shape index (κ2) is 6.10. The SMILES string of the molecule is CC1CNC(CO)CN(Cc2ccccn2)C1. The van der Waals surface area contributed by atoms with Crippen LogP contribution in [0.4, 0.5) is 0 Å². The number of pyridine rings is 1. The number of aliphatic hydroxyl groups is 1. The molecule has 1 aliphatic rings. The van der Waals surface area contributed by atoms with Crippen LogP contribution in [0.5, 0.6) is 0 Å². The van der Waals surface area contributed by atoms with Crippen molar-refractivity contribution in [2.24, 2.45) is 5.92 Å². The smallest absolute Gasteiger partial charge is 0.0597 e. The zero-order chi connectivity index (χ0) is 12.1. The first-order chi connectivity index (χ1) is 8.28. The lowest BCUT2D eigenvalue weighted by atomic mass is 10.2. The van der Waals surface area contributed by atoms with Gasteiger partial charge in [0.25, 0.3) is 0 Å². The molecule has 2 unspecified atom stereocenters. The molecule has 0 bridgehead atoms. The van der Waals surface area contributed by atoms with Gasteiger partial charge in [-0.05, 0) is 24.6 Å². The average molecular weight is 235 g/mol. The number of nitrogens with one attached hydrogen (secondary N) is 1. The molecule has 1 aromatic rings. The molecule has 0 aliphatic carbocycles. The summed E-state index contributed by atoms with van der Waals surface area (Å²) in [7, 11) is 0. The monoisotopic (exact) mass is 235 g/mol. The lowest BCUT2D eigenvalue weighted by molar-refractivity contribution is 0.191. The maximum atomic E-state index is 9.28. The summed E-state index contributed by atoms with van der Waals surface area (Å²) in [5, 5.41) is 12.7. The van der Waals surface area contributed by atoms with Gasteiger partial charge in [0.05, 0.1) is 12.3 Å². The van der Waals surface area contributed by atoms with Gasteiger partial charge in [-0.1, -0.05) is 13.0 Å². The van der Waals surface area contributed by atoms with Crippen molar-refractivity contribution in [1.29, 1.82) is 0 Å². The van der Waals surface area contributed by atoms with Crippen LogP contribution in [0.1, 0.15) is 12.6 Å². The van der Waals surface area contributed by atoms with Gasteiger partial charge in [-0.3, -0.25) is 9.88 Å². The highest BCUT2D eigenvalue weighted by Gasteiger charge is 2.20. The van der Waals surface area contributed by atoms with Crippen LogP contribution < -0.4 is 5.32 Å². The highest BCUT2D eigenvalue weighted by Crippen LogP contribution is 2.09. The van der Waals surface area contributed by atoms with E-state index in [1.807, 2.05) is 18.3 Å². The second-order valence-electron chi connectivity index (χ2n) is 4.91. The van der Waals surface area contributed by atoms with Gasteiger partial charge >= 0.3 is 0 Å². The molecule has 1 fully saturated rings. The van der Waals surface area contributed by atoms with Crippen molar-refractivity contribution in [3.8, 4) is 0 Å². The lowest BCUT2D eigenvalue weighted by Crippen LogP contribution is -2.40. The molecule has 94 valence electrons. The topological polar surface area (TPSA) is 48.4 Å². The van der Waals surface area contributed by atoms with Crippen LogP contribution in [0.3, 0.4) is 0 Å². The molecule has 4 heteroatoms. The molecule has 1 saturated heterocycles. The minimum atomic E-state index is 0.184. The van der Waals surface area contributed by atoms with Gasteiger partial charge in [-0.15, -0.1) is 0 Å². The zero-order valence-corrected chi connectivity index (χ0v) is 10.3. The van der Waals surface area contributed by atoms with Gasteiger partial charge in [0.2, 0.25) is 0 Å². The molecule has 4 nitrogen and oxygen atoms in total. The Balaban J connectivity index is 1.98. The van der Waals surface area contributed by atoms with E-state index in [0.717, 1.165) is 31.9 Å². The number of aromatic nitrogens is 1. The highest BCUT2D eigenvalue weighted by atomic mass is 16.3. The van der Waals surface area contributed by atoms with Crippen molar-refractivity contribution in [3.63, 3.8) is 0 Å². The Labute approximate surface area is 103 Å². The van der Waals surface area contributed by atoms with Crippen LogP contribution in [0.2, 0.25) is 0 Å². The van der Waals surface area contributed by atoms with E-state index in [9.17, 15) is 5.11 Å². The van der Waals surface area contributed by atoms with Crippen molar-refractivity contribution in [2.75, 3.05) is 26.2 Å². The quantitative estimate of drug-likeness (QED) is 0.800. The molecule has 2 N–H and O–H groups in total. The summed E-state index contributed by atoms with van der Waals surface area (Å²) in [4.78, 5) is 6.72. The minimum absolute atomic E-state index is 0.184. The first-order valence-corrected chi connectivity index (χ1v) is 6.24. The lowest BCUT2D eigenvalue weighted by Gasteiger charge is -2.23. The number of hydrogen-bond donors (Lipinski definition) is 2. The number of aliphatic hydroxyl groups excluding tert-OH is 1. The molecule has 1 aromatic heterocycles. The number of nitrogens with zero attached hydrogens (tertiary/aromatic N) is 2. The van der Waals surface area contributed by atoms with E-state index in [1.165, 1.54) is 0 Å². The summed E-state index contributed by atoms with van der Waals surface area (Å²) in [5.74, 6) is 0.607. The third kappa shape index (κ3) is 3.77. The normalized spacial score (nSPS) is 26.7. The molecular formula is C13H21N3O. The van der Waals surface area contributed by atoms with E-state index >= 15 is 0 Å². The van der Waals surface area contributed by atoms with Crippen molar-refractivity contribution in [1.82, 2.24) is 15.2 Å². The van der Waals surface area contributed by atoms with E-state index in [0.29, 0.717) is 5.92 Å². The van der Waals surface area contributed by atoms with Gasteiger partial charge in [0, 0.05) is 31.9 Å². The first kappa shape index (κ1) is 12.5.